The van der Waals surface area contributed by atoms with Gasteiger partial charge in [-0.3, -0.25) is 4.98 Å². The summed E-state index contributed by atoms with van der Waals surface area (Å²) < 4.78 is 0. The molecule has 88 valence electrons. The van der Waals surface area contributed by atoms with Crippen LogP contribution in [0, 0.1) is 0 Å². The molecule has 0 amide bonds. The van der Waals surface area contributed by atoms with E-state index in [4.69, 9.17) is 0 Å². The lowest BCUT2D eigenvalue weighted by Crippen LogP contribution is -2.23. The fourth-order valence-electron chi connectivity index (χ4n) is 1.65. The van der Waals surface area contributed by atoms with E-state index in [0.717, 1.165) is 31.5 Å². The molecule has 0 bridgehead atoms. The Hall–Kier alpha value is -1.15. The molecule has 0 saturated carbocycles. The van der Waals surface area contributed by atoms with Gasteiger partial charge in [0.15, 0.2) is 0 Å². The average molecular weight is 218 g/mol. The smallest absolute Gasteiger partial charge is 0.0573 e. The normalized spacial score (nSPS) is 12.4. The third-order valence-electron chi connectivity index (χ3n) is 2.55. The molecule has 1 unspecified atom stereocenters. The zero-order valence-corrected chi connectivity index (χ0v) is 10.4. The second-order valence-corrected chi connectivity index (χ2v) is 4.26. The average Bonchev–Trinajstić information content (AvgIpc) is 2.30. The Morgan fingerprint density at radius 1 is 1.50 bits per heavy atom. The highest BCUT2D eigenvalue weighted by atomic mass is 14.9. The molecular formula is C14H22N2. The predicted octanol–water partition coefficient (Wildman–Crippen LogP) is 3.48. The molecule has 0 aliphatic rings. The molecule has 0 aliphatic carbocycles. The topological polar surface area (TPSA) is 24.9 Å². The summed E-state index contributed by atoms with van der Waals surface area (Å²) in [6, 6.07) is 6.45. The van der Waals surface area contributed by atoms with E-state index < -0.39 is 0 Å². The summed E-state index contributed by atoms with van der Waals surface area (Å²) in [5, 5.41) is 3.54. The summed E-state index contributed by atoms with van der Waals surface area (Å²) in [6.07, 6.45) is 5.14. The number of hydrogen-bond acceptors (Lipinski definition) is 2. The van der Waals surface area contributed by atoms with E-state index in [1.54, 1.807) is 0 Å². The highest BCUT2D eigenvalue weighted by molar-refractivity contribution is 5.09. The zero-order chi connectivity index (χ0) is 11.8. The first-order valence-electron chi connectivity index (χ1n) is 6.02. The van der Waals surface area contributed by atoms with Gasteiger partial charge in [-0.25, -0.2) is 0 Å². The molecule has 0 aliphatic heterocycles. The fourth-order valence-corrected chi connectivity index (χ4v) is 1.65. The van der Waals surface area contributed by atoms with E-state index in [1.165, 1.54) is 5.57 Å². The van der Waals surface area contributed by atoms with Gasteiger partial charge in [0.1, 0.15) is 0 Å². The second kappa shape index (κ2) is 7.18. The molecule has 0 aromatic carbocycles. The molecule has 0 radical (unpaired) electrons. The van der Waals surface area contributed by atoms with Crippen LogP contribution in [0.4, 0.5) is 0 Å². The quantitative estimate of drug-likeness (QED) is 0.709. The third kappa shape index (κ3) is 4.58. The van der Waals surface area contributed by atoms with Crippen LogP contribution in [0.2, 0.25) is 0 Å². The summed E-state index contributed by atoms with van der Waals surface area (Å²) in [5.41, 5.74) is 2.37. The molecule has 1 atom stereocenters. The lowest BCUT2D eigenvalue weighted by Gasteiger charge is -2.17. The van der Waals surface area contributed by atoms with Crippen molar-refractivity contribution in [1.82, 2.24) is 10.3 Å². The Morgan fingerprint density at radius 2 is 2.31 bits per heavy atom. The molecule has 2 heteroatoms. The molecule has 0 spiro atoms. The maximum Gasteiger partial charge on any atom is 0.0573 e. The van der Waals surface area contributed by atoms with Crippen LogP contribution in [0.1, 0.15) is 44.8 Å². The molecular weight excluding hydrogens is 196 g/mol. The summed E-state index contributed by atoms with van der Waals surface area (Å²) >= 11 is 0. The number of pyridine rings is 1. The minimum atomic E-state index is 0.359. The number of aromatic nitrogens is 1. The van der Waals surface area contributed by atoms with Crippen LogP contribution >= 0.6 is 0 Å². The SMILES string of the molecule is C=C(C)CCC(NCCC)c1ccccn1. The van der Waals surface area contributed by atoms with Crippen molar-refractivity contribution < 1.29 is 0 Å². The Bertz CT molecular complexity index is 306. The van der Waals surface area contributed by atoms with Gasteiger partial charge in [0.2, 0.25) is 0 Å². The van der Waals surface area contributed by atoms with Gasteiger partial charge >= 0.3 is 0 Å². The number of allylic oxidation sites excluding steroid dienone is 1. The Kier molecular flexibility index (Phi) is 5.79. The van der Waals surface area contributed by atoms with Crippen molar-refractivity contribution in [1.29, 1.82) is 0 Å². The van der Waals surface area contributed by atoms with E-state index in [2.05, 4.69) is 36.8 Å². The first kappa shape index (κ1) is 12.9. The number of nitrogens with zero attached hydrogens (tertiary/aromatic N) is 1. The summed E-state index contributed by atoms with van der Waals surface area (Å²) in [5.74, 6) is 0. The number of hydrogen-bond donors (Lipinski definition) is 1. The predicted molar refractivity (Wildman–Crippen MR) is 69.3 cm³/mol. The molecule has 1 N–H and O–H groups in total. The van der Waals surface area contributed by atoms with Gasteiger partial charge in [-0.2, -0.15) is 0 Å². The van der Waals surface area contributed by atoms with Crippen LogP contribution in [0.3, 0.4) is 0 Å². The maximum atomic E-state index is 4.42. The number of nitrogens with one attached hydrogen (secondary N) is 1. The Labute approximate surface area is 98.8 Å². The highest BCUT2D eigenvalue weighted by Crippen LogP contribution is 2.18. The molecule has 1 aromatic rings. The van der Waals surface area contributed by atoms with Gasteiger partial charge in [-0.15, -0.1) is 6.58 Å². The standard InChI is InChI=1S/C14H22N2/c1-4-10-15-14(9-8-12(2)3)13-7-5-6-11-16-13/h5-7,11,14-15H,2,4,8-10H2,1,3H3. The largest absolute Gasteiger partial charge is 0.309 e. The van der Waals surface area contributed by atoms with E-state index in [9.17, 15) is 0 Å². The number of rotatable bonds is 7. The fraction of sp³-hybridized carbons (Fsp3) is 0.500. The van der Waals surface area contributed by atoms with Gasteiger partial charge in [0.25, 0.3) is 0 Å². The van der Waals surface area contributed by atoms with Crippen LogP contribution in [-0.2, 0) is 0 Å². The maximum absolute atomic E-state index is 4.42. The van der Waals surface area contributed by atoms with Crippen LogP contribution < -0.4 is 5.32 Å². The first-order chi connectivity index (χ1) is 7.74. The molecule has 16 heavy (non-hydrogen) atoms. The molecule has 1 rings (SSSR count). The van der Waals surface area contributed by atoms with Crippen molar-refractivity contribution in [2.24, 2.45) is 0 Å². The van der Waals surface area contributed by atoms with Crippen LogP contribution in [0.15, 0.2) is 36.5 Å². The van der Waals surface area contributed by atoms with E-state index in [0.29, 0.717) is 6.04 Å². The minimum Gasteiger partial charge on any atom is -0.309 e. The first-order valence-corrected chi connectivity index (χ1v) is 6.02. The van der Waals surface area contributed by atoms with Gasteiger partial charge < -0.3 is 5.32 Å². The lowest BCUT2D eigenvalue weighted by molar-refractivity contribution is 0.488. The van der Waals surface area contributed by atoms with Crippen molar-refractivity contribution in [3.63, 3.8) is 0 Å². The molecule has 2 nitrogen and oxygen atoms in total. The lowest BCUT2D eigenvalue weighted by atomic mass is 10.0. The Balaban J connectivity index is 2.59. The highest BCUT2D eigenvalue weighted by Gasteiger charge is 2.10. The molecule has 1 aromatic heterocycles. The van der Waals surface area contributed by atoms with E-state index in [-0.39, 0.29) is 0 Å². The van der Waals surface area contributed by atoms with Gasteiger partial charge in [0.05, 0.1) is 5.69 Å². The van der Waals surface area contributed by atoms with Crippen LogP contribution in [-0.4, -0.2) is 11.5 Å². The monoisotopic (exact) mass is 218 g/mol. The summed E-state index contributed by atoms with van der Waals surface area (Å²) in [4.78, 5) is 4.42. The van der Waals surface area contributed by atoms with Crippen molar-refractivity contribution in [3.05, 3.63) is 42.2 Å². The van der Waals surface area contributed by atoms with Crippen LogP contribution in [0.5, 0.6) is 0 Å². The molecule has 1 heterocycles. The third-order valence-corrected chi connectivity index (χ3v) is 2.55. The van der Waals surface area contributed by atoms with Crippen molar-refractivity contribution in [2.75, 3.05) is 6.54 Å². The molecule has 0 saturated heterocycles. The second-order valence-electron chi connectivity index (χ2n) is 4.26. The molecule has 0 fully saturated rings. The zero-order valence-electron chi connectivity index (χ0n) is 10.4. The van der Waals surface area contributed by atoms with Gasteiger partial charge in [-0.05, 0) is 44.9 Å². The van der Waals surface area contributed by atoms with Crippen molar-refractivity contribution >= 4 is 0 Å². The summed E-state index contributed by atoms with van der Waals surface area (Å²) in [7, 11) is 0. The van der Waals surface area contributed by atoms with Gasteiger partial charge in [0, 0.05) is 12.2 Å². The van der Waals surface area contributed by atoms with Crippen LogP contribution in [0.25, 0.3) is 0 Å². The van der Waals surface area contributed by atoms with E-state index >= 15 is 0 Å². The summed E-state index contributed by atoms with van der Waals surface area (Å²) in [6.45, 7) is 9.25. The minimum absolute atomic E-state index is 0.359. The van der Waals surface area contributed by atoms with Crippen molar-refractivity contribution in [3.8, 4) is 0 Å². The van der Waals surface area contributed by atoms with Crippen molar-refractivity contribution in [2.45, 2.75) is 39.2 Å². The Morgan fingerprint density at radius 3 is 2.88 bits per heavy atom. The van der Waals surface area contributed by atoms with E-state index in [1.807, 2.05) is 18.3 Å². The van der Waals surface area contributed by atoms with Gasteiger partial charge in [-0.1, -0.05) is 18.6 Å².